The van der Waals surface area contributed by atoms with Gasteiger partial charge < -0.3 is 23.8 Å². The minimum atomic E-state index is -0.499. The van der Waals surface area contributed by atoms with Crippen LogP contribution in [-0.4, -0.2) is 33.5 Å². The van der Waals surface area contributed by atoms with Gasteiger partial charge in [0, 0.05) is 5.56 Å². The van der Waals surface area contributed by atoms with E-state index in [1.165, 1.54) is 26.0 Å². The number of esters is 1. The molecule has 0 aliphatic carbocycles. The van der Waals surface area contributed by atoms with Crippen molar-refractivity contribution >= 4 is 17.8 Å². The van der Waals surface area contributed by atoms with Crippen LogP contribution in [0.15, 0.2) is 78.1 Å². The molecule has 3 aromatic rings. The smallest absolute Gasteiger partial charge is 0.341 e. The Morgan fingerprint density at radius 3 is 2.40 bits per heavy atom. The zero-order chi connectivity index (χ0) is 25.0. The fourth-order valence-electron chi connectivity index (χ4n) is 3.29. The summed E-state index contributed by atoms with van der Waals surface area (Å²) in [5.41, 5.74) is 4.76. The van der Waals surface area contributed by atoms with Gasteiger partial charge in [-0.1, -0.05) is 59.3 Å². The monoisotopic (exact) mass is 475 g/mol. The third-order valence-electron chi connectivity index (χ3n) is 5.15. The minimum Gasteiger partial charge on any atom is -0.503 e. The Bertz CT molecular complexity index is 1180. The van der Waals surface area contributed by atoms with E-state index in [1.54, 1.807) is 19.4 Å². The Morgan fingerprint density at radius 1 is 0.914 bits per heavy atom. The first kappa shape index (κ1) is 25.4. The van der Waals surface area contributed by atoms with Crippen molar-refractivity contribution in [3.8, 4) is 11.5 Å². The summed E-state index contributed by atoms with van der Waals surface area (Å²) in [4.78, 5) is 17.7. The van der Waals surface area contributed by atoms with Crippen LogP contribution in [0, 0.1) is 6.92 Å². The first-order valence-corrected chi connectivity index (χ1v) is 11.0. The van der Waals surface area contributed by atoms with Gasteiger partial charge >= 0.3 is 5.97 Å². The van der Waals surface area contributed by atoms with Crippen LogP contribution in [0.25, 0.3) is 5.57 Å². The molecule has 3 aromatic carbocycles. The number of hydrogen-bond donors (Lipinski definition) is 0. The quantitative estimate of drug-likeness (QED) is 0.123. The summed E-state index contributed by atoms with van der Waals surface area (Å²) >= 11 is 0. The van der Waals surface area contributed by atoms with Crippen LogP contribution < -0.4 is 9.47 Å². The van der Waals surface area contributed by atoms with Gasteiger partial charge in [-0.05, 0) is 41.8 Å². The van der Waals surface area contributed by atoms with Crippen molar-refractivity contribution in [1.82, 2.24) is 0 Å². The SMILES string of the molecule is CO/C=C(\C(=O)OC)c1ccccc1COc1cc(/C=N/OCc2ccc(C)cc2)ccc1OC. The molecule has 182 valence electrons. The summed E-state index contributed by atoms with van der Waals surface area (Å²) in [5, 5.41) is 4.07. The number of carbonyl (C=O) groups is 1. The maximum atomic E-state index is 12.2. The summed E-state index contributed by atoms with van der Waals surface area (Å²) in [6.45, 7) is 2.61. The molecule has 7 heteroatoms. The fourth-order valence-corrected chi connectivity index (χ4v) is 3.29. The minimum absolute atomic E-state index is 0.190. The van der Waals surface area contributed by atoms with Crippen molar-refractivity contribution in [2.24, 2.45) is 5.16 Å². The molecule has 0 bridgehead atoms. The van der Waals surface area contributed by atoms with Crippen molar-refractivity contribution in [2.45, 2.75) is 20.1 Å². The van der Waals surface area contributed by atoms with Gasteiger partial charge in [-0.15, -0.1) is 0 Å². The molecule has 0 saturated heterocycles. The number of benzene rings is 3. The maximum Gasteiger partial charge on any atom is 0.341 e. The second-order valence-corrected chi connectivity index (χ2v) is 7.61. The molecule has 0 aliphatic rings. The van der Waals surface area contributed by atoms with Crippen LogP contribution in [0.3, 0.4) is 0 Å². The standard InChI is InChI=1S/C28H29NO6/c1-20-9-11-21(12-10-20)17-35-29-16-22-13-14-26(32-3)27(15-22)34-18-23-7-5-6-8-24(23)25(19-31-2)28(30)33-4/h5-16,19H,17-18H2,1-4H3/b25-19-,29-16+. The lowest BCUT2D eigenvalue weighted by atomic mass is 10.0. The second kappa shape index (κ2) is 12.8. The number of nitrogens with zero attached hydrogens (tertiary/aromatic N) is 1. The van der Waals surface area contributed by atoms with E-state index < -0.39 is 5.97 Å². The highest BCUT2D eigenvalue weighted by Crippen LogP contribution is 2.30. The highest BCUT2D eigenvalue weighted by molar-refractivity contribution is 6.16. The summed E-state index contributed by atoms with van der Waals surface area (Å²) in [6.07, 6.45) is 2.98. The van der Waals surface area contributed by atoms with E-state index in [1.807, 2.05) is 67.6 Å². The molecule has 0 saturated carbocycles. The summed E-state index contributed by atoms with van der Waals surface area (Å²) < 4.78 is 21.5. The average Bonchev–Trinajstić information content (AvgIpc) is 2.89. The van der Waals surface area contributed by atoms with Crippen LogP contribution in [-0.2, 0) is 32.3 Å². The van der Waals surface area contributed by atoms with Crippen LogP contribution >= 0.6 is 0 Å². The molecule has 0 heterocycles. The zero-order valence-electron chi connectivity index (χ0n) is 20.3. The van der Waals surface area contributed by atoms with Gasteiger partial charge in [0.2, 0.25) is 0 Å². The van der Waals surface area contributed by atoms with Gasteiger partial charge in [-0.25, -0.2) is 4.79 Å². The van der Waals surface area contributed by atoms with E-state index in [0.29, 0.717) is 29.2 Å². The van der Waals surface area contributed by atoms with Gasteiger partial charge in [0.1, 0.15) is 18.8 Å². The topological polar surface area (TPSA) is 75.6 Å². The van der Waals surface area contributed by atoms with Crippen molar-refractivity contribution in [2.75, 3.05) is 21.3 Å². The predicted octanol–water partition coefficient (Wildman–Crippen LogP) is 5.29. The number of aryl methyl sites for hydroxylation is 1. The van der Waals surface area contributed by atoms with E-state index >= 15 is 0 Å². The third-order valence-corrected chi connectivity index (χ3v) is 5.15. The van der Waals surface area contributed by atoms with Crippen LogP contribution in [0.4, 0.5) is 0 Å². The Hall–Kier alpha value is -4.26. The molecule has 0 aliphatic heterocycles. The highest BCUT2D eigenvalue weighted by Gasteiger charge is 2.17. The average molecular weight is 476 g/mol. The number of methoxy groups -OCH3 is 3. The molecule has 3 rings (SSSR count). The lowest BCUT2D eigenvalue weighted by molar-refractivity contribution is -0.133. The summed E-state index contributed by atoms with van der Waals surface area (Å²) in [6, 6.07) is 20.9. The lowest BCUT2D eigenvalue weighted by Gasteiger charge is -2.14. The van der Waals surface area contributed by atoms with E-state index in [9.17, 15) is 4.79 Å². The number of carbonyl (C=O) groups excluding carboxylic acids is 1. The van der Waals surface area contributed by atoms with Gasteiger partial charge in [-0.2, -0.15) is 0 Å². The molecule has 0 aromatic heterocycles. The van der Waals surface area contributed by atoms with Gasteiger partial charge in [0.15, 0.2) is 11.5 Å². The summed E-state index contributed by atoms with van der Waals surface area (Å²) in [5.74, 6) is 0.599. The van der Waals surface area contributed by atoms with E-state index in [2.05, 4.69) is 5.16 Å². The molecule has 0 unspecified atom stereocenters. The number of rotatable bonds is 11. The molecule has 0 N–H and O–H groups in total. The van der Waals surface area contributed by atoms with E-state index in [4.69, 9.17) is 23.8 Å². The zero-order valence-corrected chi connectivity index (χ0v) is 20.3. The van der Waals surface area contributed by atoms with Crippen molar-refractivity contribution < 1.29 is 28.6 Å². The van der Waals surface area contributed by atoms with E-state index in [-0.39, 0.29) is 6.61 Å². The van der Waals surface area contributed by atoms with Crippen molar-refractivity contribution in [3.05, 3.63) is 101 Å². The van der Waals surface area contributed by atoms with Crippen LogP contribution in [0.1, 0.15) is 27.8 Å². The molecule has 0 radical (unpaired) electrons. The number of hydrogen-bond acceptors (Lipinski definition) is 7. The third kappa shape index (κ3) is 7.11. The second-order valence-electron chi connectivity index (χ2n) is 7.61. The molecule has 35 heavy (non-hydrogen) atoms. The predicted molar refractivity (Wildman–Crippen MR) is 134 cm³/mol. The van der Waals surface area contributed by atoms with Crippen LogP contribution in [0.2, 0.25) is 0 Å². The number of ether oxygens (including phenoxy) is 4. The molecule has 0 amide bonds. The van der Waals surface area contributed by atoms with Gasteiger partial charge in [0.05, 0.1) is 33.8 Å². The fraction of sp³-hybridized carbons (Fsp3) is 0.214. The lowest BCUT2D eigenvalue weighted by Crippen LogP contribution is -2.08. The Labute approximate surface area is 205 Å². The highest BCUT2D eigenvalue weighted by atomic mass is 16.6. The molecule has 0 fully saturated rings. The first-order valence-electron chi connectivity index (χ1n) is 11.0. The van der Waals surface area contributed by atoms with Crippen molar-refractivity contribution in [1.29, 1.82) is 0 Å². The molecular weight excluding hydrogens is 446 g/mol. The molecular formula is C28H29NO6. The Balaban J connectivity index is 1.73. The first-order chi connectivity index (χ1) is 17.0. The largest absolute Gasteiger partial charge is 0.503 e. The van der Waals surface area contributed by atoms with Crippen LogP contribution in [0.5, 0.6) is 11.5 Å². The van der Waals surface area contributed by atoms with E-state index in [0.717, 1.165) is 16.7 Å². The van der Waals surface area contributed by atoms with Gasteiger partial charge in [-0.3, -0.25) is 0 Å². The summed E-state index contributed by atoms with van der Waals surface area (Å²) in [7, 11) is 4.38. The normalized spacial score (nSPS) is 11.3. The molecule has 0 atom stereocenters. The molecule has 7 nitrogen and oxygen atoms in total. The van der Waals surface area contributed by atoms with Gasteiger partial charge in [0.25, 0.3) is 0 Å². The number of oxime groups is 1. The molecule has 0 spiro atoms. The maximum absolute atomic E-state index is 12.2. The Morgan fingerprint density at radius 2 is 1.69 bits per heavy atom. The Kier molecular flexibility index (Phi) is 9.31. The van der Waals surface area contributed by atoms with Crippen molar-refractivity contribution in [3.63, 3.8) is 0 Å².